The van der Waals surface area contributed by atoms with E-state index in [0.717, 1.165) is 34.2 Å². The van der Waals surface area contributed by atoms with Crippen molar-refractivity contribution in [3.8, 4) is 0 Å². The first-order valence-electron chi connectivity index (χ1n) is 6.84. The summed E-state index contributed by atoms with van der Waals surface area (Å²) in [5.41, 5.74) is 5.86. The van der Waals surface area contributed by atoms with Crippen LogP contribution in [0.1, 0.15) is 11.4 Å². The predicted molar refractivity (Wildman–Crippen MR) is 85.8 cm³/mol. The third-order valence-electron chi connectivity index (χ3n) is 3.46. The zero-order valence-electron chi connectivity index (χ0n) is 11.3. The first-order valence-corrected chi connectivity index (χ1v) is 6.84. The van der Waals surface area contributed by atoms with Crippen molar-refractivity contribution in [2.24, 2.45) is 4.99 Å². The van der Waals surface area contributed by atoms with Gasteiger partial charge in [-0.15, -0.1) is 0 Å². The highest BCUT2D eigenvalue weighted by Crippen LogP contribution is 2.31. The Bertz CT molecular complexity index is 808. The lowest BCUT2D eigenvalue weighted by Crippen LogP contribution is -2.02. The second-order valence-electron chi connectivity index (χ2n) is 4.86. The van der Waals surface area contributed by atoms with E-state index in [2.05, 4.69) is 21.4 Å². The molecule has 0 amide bonds. The van der Waals surface area contributed by atoms with Gasteiger partial charge in [-0.25, -0.2) is 4.99 Å². The fraction of sp³-hybridized carbons (Fsp3) is 0. The molecule has 0 atom stereocenters. The Balaban J connectivity index is 1.90. The van der Waals surface area contributed by atoms with Gasteiger partial charge in [0.1, 0.15) is 0 Å². The lowest BCUT2D eigenvalue weighted by atomic mass is 10.2. The van der Waals surface area contributed by atoms with E-state index in [1.165, 1.54) is 0 Å². The standard InChI is InChI=1S/C17H14N4/c1-2-6-15-14(5-1)20-16(12-7-3-9-18-12)11-17(21-15)13-8-4-10-19-13/h1-11,18-20H. The Kier molecular flexibility index (Phi) is 2.71. The van der Waals surface area contributed by atoms with E-state index < -0.39 is 0 Å². The Labute approximate surface area is 122 Å². The van der Waals surface area contributed by atoms with Gasteiger partial charge in [-0.1, -0.05) is 12.1 Å². The Hall–Kier alpha value is -3.01. The zero-order valence-corrected chi connectivity index (χ0v) is 11.3. The molecule has 0 aliphatic carbocycles. The number of benzene rings is 1. The van der Waals surface area contributed by atoms with Crippen molar-refractivity contribution in [3.05, 3.63) is 78.4 Å². The smallest absolute Gasteiger partial charge is 0.0893 e. The van der Waals surface area contributed by atoms with Crippen molar-refractivity contribution in [2.75, 3.05) is 5.32 Å². The molecule has 2 aromatic heterocycles. The monoisotopic (exact) mass is 274 g/mol. The number of aromatic nitrogens is 2. The number of para-hydroxylation sites is 2. The summed E-state index contributed by atoms with van der Waals surface area (Å²) in [5.74, 6) is 0. The minimum atomic E-state index is 0.905. The van der Waals surface area contributed by atoms with Crippen LogP contribution < -0.4 is 5.32 Å². The molecule has 4 rings (SSSR count). The molecular weight excluding hydrogens is 260 g/mol. The van der Waals surface area contributed by atoms with E-state index in [1.807, 2.05) is 60.9 Å². The van der Waals surface area contributed by atoms with Crippen molar-refractivity contribution in [2.45, 2.75) is 0 Å². The van der Waals surface area contributed by atoms with Crippen molar-refractivity contribution in [3.63, 3.8) is 0 Å². The minimum absolute atomic E-state index is 0.905. The fourth-order valence-electron chi connectivity index (χ4n) is 2.43. The van der Waals surface area contributed by atoms with E-state index in [4.69, 9.17) is 4.99 Å². The van der Waals surface area contributed by atoms with Gasteiger partial charge in [0.25, 0.3) is 0 Å². The Morgan fingerprint density at radius 3 is 2.29 bits per heavy atom. The van der Waals surface area contributed by atoms with E-state index >= 15 is 0 Å². The maximum absolute atomic E-state index is 4.77. The second kappa shape index (κ2) is 4.83. The Morgan fingerprint density at radius 1 is 0.762 bits per heavy atom. The summed E-state index contributed by atoms with van der Waals surface area (Å²) in [4.78, 5) is 11.2. The van der Waals surface area contributed by atoms with Crippen LogP contribution in [0.15, 0.2) is 72.0 Å². The SMILES string of the molecule is C1=C(c2ccc[nH]2)Nc2ccccc2N=C1c1ccc[nH]1. The number of nitrogens with zero attached hydrogens (tertiary/aromatic N) is 1. The molecule has 0 saturated carbocycles. The first-order chi connectivity index (χ1) is 10.4. The summed E-state index contributed by atoms with van der Waals surface area (Å²) in [6.45, 7) is 0. The zero-order chi connectivity index (χ0) is 14.1. The first kappa shape index (κ1) is 11.8. The van der Waals surface area contributed by atoms with E-state index in [1.54, 1.807) is 0 Å². The van der Waals surface area contributed by atoms with Crippen LogP contribution in [-0.4, -0.2) is 15.7 Å². The summed E-state index contributed by atoms with van der Waals surface area (Å²) in [6, 6.07) is 16.1. The number of allylic oxidation sites excluding steroid dienone is 1. The molecule has 3 heterocycles. The van der Waals surface area contributed by atoms with Gasteiger partial charge in [0, 0.05) is 12.4 Å². The van der Waals surface area contributed by atoms with E-state index in [0.29, 0.717) is 0 Å². The number of nitrogens with one attached hydrogen (secondary N) is 3. The summed E-state index contributed by atoms with van der Waals surface area (Å²) in [5, 5.41) is 3.46. The molecule has 1 aromatic carbocycles. The van der Waals surface area contributed by atoms with Crippen LogP contribution in [0.25, 0.3) is 5.70 Å². The van der Waals surface area contributed by atoms with Gasteiger partial charge in [0.2, 0.25) is 0 Å². The summed E-state index contributed by atoms with van der Waals surface area (Å²) < 4.78 is 0. The molecule has 1 aliphatic rings. The van der Waals surface area contributed by atoms with Crippen molar-refractivity contribution in [1.82, 2.24) is 9.97 Å². The molecule has 4 nitrogen and oxygen atoms in total. The molecule has 0 fully saturated rings. The van der Waals surface area contributed by atoms with Crippen molar-refractivity contribution >= 4 is 22.8 Å². The molecular formula is C17H14N4. The maximum Gasteiger partial charge on any atom is 0.0893 e. The van der Waals surface area contributed by atoms with Crippen molar-refractivity contribution < 1.29 is 0 Å². The number of H-pyrrole nitrogens is 2. The van der Waals surface area contributed by atoms with Gasteiger partial charge in [-0.2, -0.15) is 0 Å². The molecule has 0 spiro atoms. The molecule has 0 saturated heterocycles. The fourth-order valence-corrected chi connectivity index (χ4v) is 2.43. The molecule has 0 bridgehead atoms. The predicted octanol–water partition coefficient (Wildman–Crippen LogP) is 3.93. The Morgan fingerprint density at radius 2 is 1.52 bits per heavy atom. The molecule has 102 valence electrons. The number of aliphatic imine (C=N–C) groups is 1. The highest BCUT2D eigenvalue weighted by Gasteiger charge is 2.14. The lowest BCUT2D eigenvalue weighted by Gasteiger charge is -2.09. The minimum Gasteiger partial charge on any atom is -0.360 e. The quantitative estimate of drug-likeness (QED) is 0.651. The molecule has 1 aliphatic heterocycles. The molecule has 4 heteroatoms. The van der Waals surface area contributed by atoms with Crippen molar-refractivity contribution in [1.29, 1.82) is 0 Å². The van der Waals surface area contributed by atoms with Gasteiger partial charge in [-0.05, 0) is 42.5 Å². The molecule has 3 aromatic rings. The van der Waals surface area contributed by atoms with Gasteiger partial charge in [0.05, 0.1) is 34.2 Å². The van der Waals surface area contributed by atoms with Crippen LogP contribution in [0, 0.1) is 0 Å². The number of rotatable bonds is 2. The van der Waals surface area contributed by atoms with Gasteiger partial charge in [0.15, 0.2) is 0 Å². The molecule has 21 heavy (non-hydrogen) atoms. The highest BCUT2D eigenvalue weighted by atomic mass is 15.0. The van der Waals surface area contributed by atoms with Crippen LogP contribution in [0.2, 0.25) is 0 Å². The van der Waals surface area contributed by atoms with Crippen LogP contribution in [0.5, 0.6) is 0 Å². The van der Waals surface area contributed by atoms with Crippen LogP contribution in [0.3, 0.4) is 0 Å². The average Bonchev–Trinajstić information content (AvgIpc) is 3.17. The number of fused-ring (bicyclic) bond motifs is 1. The highest BCUT2D eigenvalue weighted by molar-refractivity contribution is 6.14. The van der Waals surface area contributed by atoms with E-state index in [-0.39, 0.29) is 0 Å². The molecule has 0 unspecified atom stereocenters. The maximum atomic E-state index is 4.77. The normalized spacial score (nSPS) is 13.7. The number of hydrogen-bond donors (Lipinski definition) is 3. The van der Waals surface area contributed by atoms with Gasteiger partial charge in [-0.3, -0.25) is 0 Å². The topological polar surface area (TPSA) is 56.0 Å². The molecule has 3 N–H and O–H groups in total. The van der Waals surface area contributed by atoms with Crippen LogP contribution in [-0.2, 0) is 0 Å². The summed E-state index contributed by atoms with van der Waals surface area (Å²) >= 11 is 0. The third kappa shape index (κ3) is 2.17. The lowest BCUT2D eigenvalue weighted by molar-refractivity contribution is 1.34. The largest absolute Gasteiger partial charge is 0.360 e. The summed E-state index contributed by atoms with van der Waals surface area (Å²) in [6.07, 6.45) is 5.88. The average molecular weight is 274 g/mol. The third-order valence-corrected chi connectivity index (χ3v) is 3.46. The number of hydrogen-bond acceptors (Lipinski definition) is 2. The van der Waals surface area contributed by atoms with Crippen LogP contribution >= 0.6 is 0 Å². The van der Waals surface area contributed by atoms with Gasteiger partial charge < -0.3 is 15.3 Å². The van der Waals surface area contributed by atoms with Crippen LogP contribution in [0.4, 0.5) is 11.4 Å². The second-order valence-corrected chi connectivity index (χ2v) is 4.86. The summed E-state index contributed by atoms with van der Waals surface area (Å²) in [7, 11) is 0. The van der Waals surface area contributed by atoms with E-state index in [9.17, 15) is 0 Å². The molecule has 0 radical (unpaired) electrons. The van der Waals surface area contributed by atoms with Gasteiger partial charge >= 0.3 is 0 Å². The number of aromatic amines is 2. The number of anilines is 1.